The van der Waals surface area contributed by atoms with E-state index in [4.69, 9.17) is 4.74 Å². The molecule has 0 N–H and O–H groups in total. The van der Waals surface area contributed by atoms with Gasteiger partial charge in [-0.25, -0.2) is 12.8 Å². The van der Waals surface area contributed by atoms with Crippen molar-refractivity contribution in [1.29, 1.82) is 0 Å². The Balaban J connectivity index is 1.67. The molecule has 148 valence electrons. The summed E-state index contributed by atoms with van der Waals surface area (Å²) >= 11 is 0. The SMILES string of the molecule is CN(C(=O)COC(=O)C1(c2ccccc2F)CCCC1)C1CCS(=O)(=O)C1. The average Bonchev–Trinajstić information content (AvgIpc) is 3.26. The minimum atomic E-state index is -3.11. The summed E-state index contributed by atoms with van der Waals surface area (Å²) < 4.78 is 42.8. The van der Waals surface area contributed by atoms with Crippen molar-refractivity contribution in [2.24, 2.45) is 0 Å². The minimum Gasteiger partial charge on any atom is -0.455 e. The first-order chi connectivity index (χ1) is 12.8. The van der Waals surface area contributed by atoms with Crippen LogP contribution in [0.5, 0.6) is 0 Å². The maximum Gasteiger partial charge on any atom is 0.317 e. The number of esters is 1. The Hall–Kier alpha value is -1.96. The highest BCUT2D eigenvalue weighted by Crippen LogP contribution is 2.43. The number of carbonyl (C=O) groups is 2. The Kier molecular flexibility index (Phi) is 5.55. The fraction of sp³-hybridized carbons (Fsp3) is 0.579. The zero-order valence-electron chi connectivity index (χ0n) is 15.3. The lowest BCUT2D eigenvalue weighted by Gasteiger charge is -2.28. The van der Waals surface area contributed by atoms with Crippen LogP contribution in [0.1, 0.15) is 37.7 Å². The topological polar surface area (TPSA) is 80.8 Å². The van der Waals surface area contributed by atoms with Gasteiger partial charge in [-0.2, -0.15) is 0 Å². The fourth-order valence-electron chi connectivity index (χ4n) is 4.06. The van der Waals surface area contributed by atoms with E-state index < -0.39 is 45.6 Å². The Labute approximate surface area is 158 Å². The van der Waals surface area contributed by atoms with Gasteiger partial charge in [0.15, 0.2) is 16.4 Å². The molecule has 1 heterocycles. The first-order valence-corrected chi connectivity index (χ1v) is 11.0. The van der Waals surface area contributed by atoms with E-state index in [0.29, 0.717) is 24.8 Å². The van der Waals surface area contributed by atoms with Gasteiger partial charge in [0.1, 0.15) is 5.82 Å². The second-order valence-corrected chi connectivity index (χ2v) is 9.64. The van der Waals surface area contributed by atoms with E-state index in [-0.39, 0.29) is 11.5 Å². The summed E-state index contributed by atoms with van der Waals surface area (Å²) in [4.78, 5) is 26.5. The Bertz CT molecular complexity index is 832. The van der Waals surface area contributed by atoms with Crippen molar-refractivity contribution in [3.63, 3.8) is 0 Å². The molecule has 1 amide bonds. The first-order valence-electron chi connectivity index (χ1n) is 9.13. The highest BCUT2D eigenvalue weighted by molar-refractivity contribution is 7.91. The third kappa shape index (κ3) is 4.00. The molecule has 0 aromatic heterocycles. The van der Waals surface area contributed by atoms with E-state index in [1.54, 1.807) is 18.2 Å². The molecule has 1 aliphatic carbocycles. The molecule has 0 spiro atoms. The first kappa shape index (κ1) is 19.8. The molecule has 2 aliphatic rings. The van der Waals surface area contributed by atoms with E-state index in [9.17, 15) is 22.4 Å². The third-order valence-electron chi connectivity index (χ3n) is 5.71. The minimum absolute atomic E-state index is 0.0610. The summed E-state index contributed by atoms with van der Waals surface area (Å²) in [5.74, 6) is -1.50. The molecule has 0 bridgehead atoms. The molecule has 8 heteroatoms. The molecule has 0 radical (unpaired) electrons. The Morgan fingerprint density at radius 1 is 1.26 bits per heavy atom. The van der Waals surface area contributed by atoms with Crippen molar-refractivity contribution < 1.29 is 27.1 Å². The fourth-order valence-corrected chi connectivity index (χ4v) is 5.84. The molecule has 6 nitrogen and oxygen atoms in total. The van der Waals surface area contributed by atoms with Crippen LogP contribution in [0.3, 0.4) is 0 Å². The molecule has 3 rings (SSSR count). The van der Waals surface area contributed by atoms with E-state index in [0.717, 1.165) is 12.8 Å². The van der Waals surface area contributed by atoms with Crippen LogP contribution in [0.4, 0.5) is 4.39 Å². The smallest absolute Gasteiger partial charge is 0.317 e. The molecule has 1 unspecified atom stereocenters. The molecule has 27 heavy (non-hydrogen) atoms. The monoisotopic (exact) mass is 397 g/mol. The van der Waals surface area contributed by atoms with Gasteiger partial charge < -0.3 is 9.64 Å². The molecular weight excluding hydrogens is 373 g/mol. The number of hydrogen-bond donors (Lipinski definition) is 0. The highest BCUT2D eigenvalue weighted by Gasteiger charge is 2.46. The van der Waals surface area contributed by atoms with Crippen molar-refractivity contribution in [1.82, 2.24) is 4.90 Å². The number of nitrogens with zero attached hydrogens (tertiary/aromatic N) is 1. The number of sulfone groups is 1. The molecule has 1 aliphatic heterocycles. The quantitative estimate of drug-likeness (QED) is 0.708. The van der Waals surface area contributed by atoms with Gasteiger partial charge in [-0.15, -0.1) is 0 Å². The van der Waals surface area contributed by atoms with Gasteiger partial charge >= 0.3 is 5.97 Å². The number of hydrogen-bond acceptors (Lipinski definition) is 5. The van der Waals surface area contributed by atoms with Crippen LogP contribution in [-0.4, -0.2) is 56.4 Å². The number of benzene rings is 1. The lowest BCUT2D eigenvalue weighted by molar-refractivity contribution is -0.157. The third-order valence-corrected chi connectivity index (χ3v) is 7.46. The number of amides is 1. The van der Waals surface area contributed by atoms with Crippen LogP contribution in [-0.2, 0) is 29.6 Å². The molecular formula is C19H24FNO5S. The van der Waals surface area contributed by atoms with Crippen molar-refractivity contribution in [2.75, 3.05) is 25.2 Å². The normalized spacial score (nSPS) is 23.1. The maximum absolute atomic E-state index is 14.3. The average molecular weight is 397 g/mol. The Morgan fingerprint density at radius 2 is 1.93 bits per heavy atom. The van der Waals surface area contributed by atoms with Crippen LogP contribution in [0.2, 0.25) is 0 Å². The summed E-state index contributed by atoms with van der Waals surface area (Å²) in [6, 6.07) is 5.78. The van der Waals surface area contributed by atoms with E-state index >= 15 is 0 Å². The summed E-state index contributed by atoms with van der Waals surface area (Å²) in [5.41, 5.74) is -0.740. The molecule has 1 atom stereocenters. The van der Waals surface area contributed by atoms with Crippen molar-refractivity contribution >= 4 is 21.7 Å². The van der Waals surface area contributed by atoms with E-state index in [1.165, 1.54) is 18.0 Å². The molecule has 1 saturated heterocycles. The van der Waals surface area contributed by atoms with Crippen LogP contribution < -0.4 is 0 Å². The van der Waals surface area contributed by atoms with E-state index in [1.807, 2.05) is 0 Å². The summed E-state index contributed by atoms with van der Waals surface area (Å²) in [6.07, 6.45) is 2.93. The van der Waals surface area contributed by atoms with Gasteiger partial charge in [0.25, 0.3) is 5.91 Å². The number of likely N-dealkylation sites (N-methyl/N-ethyl adjacent to an activating group) is 1. The lowest BCUT2D eigenvalue weighted by Crippen LogP contribution is -2.42. The van der Waals surface area contributed by atoms with Gasteiger partial charge in [-0.05, 0) is 25.3 Å². The summed E-state index contributed by atoms with van der Waals surface area (Å²) in [5, 5.41) is 0. The second-order valence-electron chi connectivity index (χ2n) is 7.41. The predicted octanol–water partition coefficient (Wildman–Crippen LogP) is 1.83. The number of rotatable bonds is 5. The van der Waals surface area contributed by atoms with Gasteiger partial charge in [0.2, 0.25) is 0 Å². The van der Waals surface area contributed by atoms with Gasteiger partial charge in [0.05, 0.1) is 16.9 Å². The summed E-state index contributed by atoms with van der Waals surface area (Å²) in [6.45, 7) is -0.470. The maximum atomic E-state index is 14.3. The van der Waals surface area contributed by atoms with Crippen LogP contribution in [0.15, 0.2) is 24.3 Å². The number of halogens is 1. The van der Waals surface area contributed by atoms with Crippen LogP contribution in [0.25, 0.3) is 0 Å². The molecule has 1 aromatic rings. The highest BCUT2D eigenvalue weighted by atomic mass is 32.2. The number of ether oxygens (including phenoxy) is 1. The standard InChI is InChI=1S/C19H24FNO5S/c1-21(14-8-11-27(24,25)13-14)17(22)12-26-18(23)19(9-4-5-10-19)15-6-2-3-7-16(15)20/h2-3,6-7,14H,4-5,8-13H2,1H3. The summed E-state index contributed by atoms with van der Waals surface area (Å²) in [7, 11) is -1.59. The van der Waals surface area contributed by atoms with Crippen molar-refractivity contribution in [3.8, 4) is 0 Å². The zero-order valence-corrected chi connectivity index (χ0v) is 16.1. The number of carbonyl (C=O) groups excluding carboxylic acids is 2. The van der Waals surface area contributed by atoms with E-state index in [2.05, 4.69) is 0 Å². The second kappa shape index (κ2) is 7.58. The van der Waals surface area contributed by atoms with Crippen molar-refractivity contribution in [2.45, 2.75) is 43.6 Å². The molecule has 1 saturated carbocycles. The predicted molar refractivity (Wildman–Crippen MR) is 97.3 cm³/mol. The van der Waals surface area contributed by atoms with Gasteiger partial charge in [0, 0.05) is 18.7 Å². The van der Waals surface area contributed by atoms with Crippen LogP contribution in [0, 0.1) is 5.82 Å². The van der Waals surface area contributed by atoms with Gasteiger partial charge in [-0.1, -0.05) is 31.0 Å². The lowest BCUT2D eigenvalue weighted by atomic mass is 9.78. The molecule has 2 fully saturated rings. The van der Waals surface area contributed by atoms with Gasteiger partial charge in [-0.3, -0.25) is 9.59 Å². The molecule has 1 aromatic carbocycles. The zero-order chi connectivity index (χ0) is 19.7. The van der Waals surface area contributed by atoms with Crippen LogP contribution >= 0.6 is 0 Å². The largest absolute Gasteiger partial charge is 0.455 e. The van der Waals surface area contributed by atoms with Crippen molar-refractivity contribution in [3.05, 3.63) is 35.6 Å². The Morgan fingerprint density at radius 3 is 2.52 bits per heavy atom.